The summed E-state index contributed by atoms with van der Waals surface area (Å²) in [6.07, 6.45) is 3.62. The second kappa shape index (κ2) is 8.48. The molecule has 0 radical (unpaired) electrons. The summed E-state index contributed by atoms with van der Waals surface area (Å²) in [5.41, 5.74) is 3.44. The quantitative estimate of drug-likeness (QED) is 0.642. The van der Waals surface area contributed by atoms with Gasteiger partial charge in [0.05, 0.1) is 31.2 Å². The number of nitrogens with one attached hydrogen (secondary N) is 1. The molecule has 8 heteroatoms. The zero-order chi connectivity index (χ0) is 20.2. The predicted octanol–water partition coefficient (Wildman–Crippen LogP) is 3.92. The van der Waals surface area contributed by atoms with Crippen LogP contribution in [-0.2, 0) is 11.3 Å². The molecule has 1 N–H and O–H groups in total. The molecule has 2 aromatic heterocycles. The molecule has 8 nitrogen and oxygen atoms in total. The summed E-state index contributed by atoms with van der Waals surface area (Å²) < 4.78 is 22.0. The number of benzene rings is 1. The van der Waals surface area contributed by atoms with E-state index in [4.69, 9.17) is 23.7 Å². The Morgan fingerprint density at radius 1 is 1.14 bits per heavy atom. The summed E-state index contributed by atoms with van der Waals surface area (Å²) in [6.45, 7) is 3.15. The highest BCUT2D eigenvalue weighted by Crippen LogP contribution is 2.35. The average Bonchev–Trinajstić information content (AvgIpc) is 3.43. The van der Waals surface area contributed by atoms with Crippen molar-refractivity contribution in [2.75, 3.05) is 26.1 Å². The Labute approximate surface area is 169 Å². The monoisotopic (exact) mass is 396 g/mol. The van der Waals surface area contributed by atoms with Crippen LogP contribution in [0.15, 0.2) is 35.0 Å². The Balaban J connectivity index is 1.59. The highest BCUT2D eigenvalue weighted by molar-refractivity contribution is 5.61. The Kier molecular flexibility index (Phi) is 5.62. The molecule has 1 unspecified atom stereocenters. The highest BCUT2D eigenvalue weighted by atomic mass is 16.5. The lowest BCUT2D eigenvalue weighted by atomic mass is 10.1. The molecular formula is C21H24N4O4. The van der Waals surface area contributed by atoms with Crippen LogP contribution in [0.1, 0.15) is 35.9 Å². The first-order valence-corrected chi connectivity index (χ1v) is 9.54. The Hall–Kier alpha value is -3.13. The van der Waals surface area contributed by atoms with Crippen molar-refractivity contribution >= 4 is 5.95 Å². The van der Waals surface area contributed by atoms with E-state index in [0.29, 0.717) is 18.3 Å². The van der Waals surface area contributed by atoms with Gasteiger partial charge in [0.15, 0.2) is 5.76 Å². The summed E-state index contributed by atoms with van der Waals surface area (Å²) in [5, 5.41) is 7.26. The summed E-state index contributed by atoms with van der Waals surface area (Å²) in [7, 11) is 3.26. The lowest BCUT2D eigenvalue weighted by Gasteiger charge is -2.14. The predicted molar refractivity (Wildman–Crippen MR) is 107 cm³/mol. The molecule has 1 fully saturated rings. The van der Waals surface area contributed by atoms with E-state index < -0.39 is 0 Å². The van der Waals surface area contributed by atoms with E-state index in [-0.39, 0.29) is 6.10 Å². The summed E-state index contributed by atoms with van der Waals surface area (Å²) in [4.78, 5) is 9.21. The Morgan fingerprint density at radius 3 is 2.55 bits per heavy atom. The van der Waals surface area contributed by atoms with Crippen LogP contribution in [0.3, 0.4) is 0 Å². The van der Waals surface area contributed by atoms with Crippen molar-refractivity contribution < 1.29 is 18.7 Å². The van der Waals surface area contributed by atoms with Gasteiger partial charge in [0.1, 0.15) is 17.6 Å². The maximum atomic E-state index is 5.87. The van der Waals surface area contributed by atoms with Gasteiger partial charge in [0.25, 0.3) is 0 Å². The van der Waals surface area contributed by atoms with Gasteiger partial charge in [-0.15, -0.1) is 0 Å². The van der Waals surface area contributed by atoms with Crippen LogP contribution in [0.2, 0.25) is 0 Å². The first-order chi connectivity index (χ1) is 14.2. The van der Waals surface area contributed by atoms with Crippen LogP contribution in [0.25, 0.3) is 11.3 Å². The molecule has 3 aromatic rings. The number of nitrogens with zero attached hydrogens (tertiary/aromatic N) is 3. The maximum absolute atomic E-state index is 5.87. The fraction of sp³-hybridized carbons (Fsp3) is 0.381. The minimum Gasteiger partial charge on any atom is -0.497 e. The lowest BCUT2D eigenvalue weighted by Crippen LogP contribution is -2.09. The van der Waals surface area contributed by atoms with Gasteiger partial charge in [0.2, 0.25) is 5.95 Å². The van der Waals surface area contributed by atoms with Gasteiger partial charge in [-0.1, -0.05) is 5.16 Å². The highest BCUT2D eigenvalue weighted by Gasteiger charge is 2.25. The van der Waals surface area contributed by atoms with Gasteiger partial charge in [-0.2, -0.15) is 0 Å². The number of aryl methyl sites for hydroxylation is 1. The second-order valence-electron chi connectivity index (χ2n) is 6.90. The minimum absolute atomic E-state index is 0.0733. The van der Waals surface area contributed by atoms with Crippen molar-refractivity contribution in [3.05, 3.63) is 47.4 Å². The third-order valence-corrected chi connectivity index (χ3v) is 4.81. The molecule has 4 rings (SSSR count). The smallest absolute Gasteiger partial charge is 0.223 e. The van der Waals surface area contributed by atoms with Crippen LogP contribution in [0.5, 0.6) is 11.5 Å². The molecule has 1 atom stereocenters. The zero-order valence-corrected chi connectivity index (χ0v) is 16.8. The molecule has 1 aromatic carbocycles. The molecule has 0 spiro atoms. The van der Waals surface area contributed by atoms with Gasteiger partial charge in [-0.3, -0.25) is 0 Å². The van der Waals surface area contributed by atoms with E-state index >= 15 is 0 Å². The Morgan fingerprint density at radius 2 is 1.93 bits per heavy atom. The van der Waals surface area contributed by atoms with Crippen molar-refractivity contribution in [2.45, 2.75) is 32.4 Å². The van der Waals surface area contributed by atoms with E-state index in [2.05, 4.69) is 15.5 Å². The SMILES string of the molecule is COc1cc(CNc2ncc(-c3cc(C)no3)c(C3CCCO3)n2)cc(OC)c1. The number of methoxy groups -OCH3 is 2. The van der Waals surface area contributed by atoms with Crippen molar-refractivity contribution in [2.24, 2.45) is 0 Å². The van der Waals surface area contributed by atoms with E-state index in [1.807, 2.05) is 31.2 Å². The van der Waals surface area contributed by atoms with Crippen LogP contribution >= 0.6 is 0 Å². The molecular weight excluding hydrogens is 372 g/mol. The number of anilines is 1. The van der Waals surface area contributed by atoms with Gasteiger partial charge >= 0.3 is 0 Å². The molecule has 152 valence electrons. The molecule has 0 bridgehead atoms. The van der Waals surface area contributed by atoms with Crippen molar-refractivity contribution in [3.8, 4) is 22.8 Å². The first kappa shape index (κ1) is 19.2. The normalized spacial score (nSPS) is 16.0. The molecule has 29 heavy (non-hydrogen) atoms. The lowest BCUT2D eigenvalue weighted by molar-refractivity contribution is 0.109. The summed E-state index contributed by atoms with van der Waals surface area (Å²) >= 11 is 0. The largest absolute Gasteiger partial charge is 0.497 e. The molecule has 1 saturated heterocycles. The number of hydrogen-bond donors (Lipinski definition) is 1. The Bertz CT molecular complexity index is 960. The summed E-state index contributed by atoms with van der Waals surface area (Å²) in [5.74, 6) is 2.64. The zero-order valence-electron chi connectivity index (χ0n) is 16.8. The molecule has 1 aliphatic heterocycles. The fourth-order valence-corrected chi connectivity index (χ4v) is 3.35. The third kappa shape index (κ3) is 4.32. The first-order valence-electron chi connectivity index (χ1n) is 9.54. The number of hydrogen-bond acceptors (Lipinski definition) is 8. The van der Waals surface area contributed by atoms with Crippen molar-refractivity contribution in [3.63, 3.8) is 0 Å². The minimum atomic E-state index is -0.0733. The molecule has 0 saturated carbocycles. The molecule has 1 aliphatic rings. The maximum Gasteiger partial charge on any atom is 0.223 e. The van der Waals surface area contributed by atoms with Crippen LogP contribution in [0.4, 0.5) is 5.95 Å². The standard InChI is InChI=1S/C21H24N4O4/c1-13-7-19(29-25-13)17-12-23-21(24-20(17)18-5-4-6-28-18)22-11-14-8-15(26-2)10-16(9-14)27-3/h7-10,12,18H,4-6,11H2,1-3H3,(H,22,23,24). The average molecular weight is 396 g/mol. The molecule has 3 heterocycles. The fourth-order valence-electron chi connectivity index (χ4n) is 3.35. The van der Waals surface area contributed by atoms with Gasteiger partial charge in [-0.05, 0) is 37.5 Å². The van der Waals surface area contributed by atoms with Gasteiger partial charge in [0, 0.05) is 31.5 Å². The van der Waals surface area contributed by atoms with Crippen molar-refractivity contribution in [1.29, 1.82) is 0 Å². The number of rotatable bonds is 7. The van der Waals surface area contributed by atoms with E-state index in [1.165, 1.54) is 0 Å². The second-order valence-corrected chi connectivity index (χ2v) is 6.90. The topological polar surface area (TPSA) is 91.5 Å². The van der Waals surface area contributed by atoms with Gasteiger partial charge in [-0.25, -0.2) is 9.97 Å². The third-order valence-electron chi connectivity index (χ3n) is 4.81. The van der Waals surface area contributed by atoms with Gasteiger partial charge < -0.3 is 24.1 Å². The van der Waals surface area contributed by atoms with Crippen molar-refractivity contribution in [1.82, 2.24) is 15.1 Å². The van der Waals surface area contributed by atoms with Crippen LogP contribution < -0.4 is 14.8 Å². The van der Waals surface area contributed by atoms with E-state index in [1.54, 1.807) is 20.4 Å². The summed E-state index contributed by atoms with van der Waals surface area (Å²) in [6, 6.07) is 7.61. The molecule has 0 amide bonds. The van der Waals surface area contributed by atoms with E-state index in [9.17, 15) is 0 Å². The van der Waals surface area contributed by atoms with E-state index in [0.717, 1.165) is 53.5 Å². The number of ether oxygens (including phenoxy) is 3. The van der Waals surface area contributed by atoms with Crippen LogP contribution in [0, 0.1) is 6.92 Å². The number of aromatic nitrogens is 3. The van der Waals surface area contributed by atoms with Crippen LogP contribution in [-0.4, -0.2) is 36.0 Å². The molecule has 0 aliphatic carbocycles.